The van der Waals surface area contributed by atoms with E-state index in [0.29, 0.717) is 0 Å². The Kier molecular flexibility index (Phi) is 2.31. The predicted octanol–water partition coefficient (Wildman–Crippen LogP) is 1.85. The lowest BCUT2D eigenvalue weighted by Crippen LogP contribution is -2.06. The molecule has 1 rings (SSSR count). The van der Waals surface area contributed by atoms with E-state index in [9.17, 15) is 0 Å². The lowest BCUT2D eigenvalue weighted by molar-refractivity contribution is 0.204. The van der Waals surface area contributed by atoms with Crippen molar-refractivity contribution in [3.8, 4) is 0 Å². The second-order valence-electron chi connectivity index (χ2n) is 2.07. The molecule has 1 N–H and O–H groups in total. The quantitative estimate of drug-likeness (QED) is 0.622. The molecule has 1 aliphatic carbocycles. The zero-order chi connectivity index (χ0) is 5.98. The van der Waals surface area contributed by atoms with Crippen LogP contribution in [-0.4, -0.2) is 11.2 Å². The molecule has 0 heterocycles. The molecule has 0 amide bonds. The van der Waals surface area contributed by atoms with E-state index in [4.69, 9.17) is 5.11 Å². The van der Waals surface area contributed by atoms with Crippen LogP contribution < -0.4 is 0 Å². The standard InChI is InChI=1S/C6H9IO/c7-5-2-1-3-6(8)4-5/h4,6,8H,1-3H2/t6-/m0/s1. The molecule has 1 atom stereocenters. The molecule has 0 bridgehead atoms. The lowest BCUT2D eigenvalue weighted by Gasteiger charge is -2.11. The summed E-state index contributed by atoms with van der Waals surface area (Å²) < 4.78 is 1.31. The van der Waals surface area contributed by atoms with Gasteiger partial charge in [-0.05, 0) is 51.5 Å². The third-order valence-electron chi connectivity index (χ3n) is 1.29. The maximum absolute atomic E-state index is 9.00. The summed E-state index contributed by atoms with van der Waals surface area (Å²) in [4.78, 5) is 0. The van der Waals surface area contributed by atoms with Crippen LogP contribution in [0.15, 0.2) is 9.66 Å². The van der Waals surface area contributed by atoms with Crippen molar-refractivity contribution in [1.82, 2.24) is 0 Å². The molecule has 0 aromatic heterocycles. The molecule has 0 aliphatic heterocycles. The Hall–Kier alpha value is 0.430. The highest BCUT2D eigenvalue weighted by atomic mass is 127. The van der Waals surface area contributed by atoms with Crippen molar-refractivity contribution in [2.24, 2.45) is 0 Å². The second kappa shape index (κ2) is 2.82. The number of aliphatic hydroxyl groups excluding tert-OH is 1. The summed E-state index contributed by atoms with van der Waals surface area (Å²) >= 11 is 2.27. The van der Waals surface area contributed by atoms with Gasteiger partial charge in [-0.2, -0.15) is 0 Å². The Balaban J connectivity index is 2.50. The molecular formula is C6H9IO. The minimum atomic E-state index is -0.157. The molecular weight excluding hydrogens is 215 g/mol. The van der Waals surface area contributed by atoms with Crippen LogP contribution in [0.25, 0.3) is 0 Å². The number of hydrogen-bond donors (Lipinski definition) is 1. The fourth-order valence-corrected chi connectivity index (χ4v) is 1.65. The summed E-state index contributed by atoms with van der Waals surface area (Å²) in [5.74, 6) is 0. The van der Waals surface area contributed by atoms with E-state index in [0.717, 1.165) is 19.3 Å². The number of aliphatic hydroxyl groups is 1. The monoisotopic (exact) mass is 224 g/mol. The van der Waals surface area contributed by atoms with Crippen molar-refractivity contribution in [2.45, 2.75) is 25.4 Å². The van der Waals surface area contributed by atoms with Crippen LogP contribution in [0.1, 0.15) is 19.3 Å². The van der Waals surface area contributed by atoms with Crippen molar-refractivity contribution in [2.75, 3.05) is 0 Å². The molecule has 0 fully saturated rings. The molecule has 0 radical (unpaired) electrons. The van der Waals surface area contributed by atoms with Crippen molar-refractivity contribution in [3.63, 3.8) is 0 Å². The normalized spacial score (nSPS) is 29.8. The fourth-order valence-electron chi connectivity index (χ4n) is 0.855. The van der Waals surface area contributed by atoms with E-state index in [1.165, 1.54) is 3.58 Å². The Morgan fingerprint density at radius 3 is 2.88 bits per heavy atom. The summed E-state index contributed by atoms with van der Waals surface area (Å²) in [6.45, 7) is 0. The van der Waals surface area contributed by atoms with Gasteiger partial charge in [-0.15, -0.1) is 0 Å². The number of halogens is 1. The van der Waals surface area contributed by atoms with Crippen LogP contribution in [0.4, 0.5) is 0 Å². The molecule has 0 spiro atoms. The first kappa shape index (κ1) is 6.55. The first-order valence-corrected chi connectivity index (χ1v) is 3.91. The van der Waals surface area contributed by atoms with E-state index in [2.05, 4.69) is 22.6 Å². The Labute approximate surface area is 62.9 Å². The fraction of sp³-hybridized carbons (Fsp3) is 0.667. The SMILES string of the molecule is O[C@@H]1C=C(I)CCC1. The highest BCUT2D eigenvalue weighted by Crippen LogP contribution is 2.22. The van der Waals surface area contributed by atoms with Gasteiger partial charge in [0.1, 0.15) is 0 Å². The summed E-state index contributed by atoms with van der Waals surface area (Å²) in [6, 6.07) is 0. The third-order valence-corrected chi connectivity index (χ3v) is 2.19. The molecule has 8 heavy (non-hydrogen) atoms. The van der Waals surface area contributed by atoms with Crippen molar-refractivity contribution < 1.29 is 5.11 Å². The van der Waals surface area contributed by atoms with Crippen LogP contribution in [0.2, 0.25) is 0 Å². The van der Waals surface area contributed by atoms with Crippen molar-refractivity contribution >= 4 is 22.6 Å². The van der Waals surface area contributed by atoms with Crippen LogP contribution in [-0.2, 0) is 0 Å². The summed E-state index contributed by atoms with van der Waals surface area (Å²) in [6.07, 6.45) is 5.04. The largest absolute Gasteiger partial charge is 0.389 e. The van der Waals surface area contributed by atoms with Crippen LogP contribution in [0, 0.1) is 0 Å². The molecule has 1 aliphatic rings. The van der Waals surface area contributed by atoms with Gasteiger partial charge in [-0.25, -0.2) is 0 Å². The van der Waals surface area contributed by atoms with Gasteiger partial charge < -0.3 is 5.11 Å². The molecule has 1 nitrogen and oxygen atoms in total. The molecule has 0 saturated carbocycles. The second-order valence-corrected chi connectivity index (χ2v) is 3.46. The highest BCUT2D eigenvalue weighted by molar-refractivity contribution is 14.1. The van der Waals surface area contributed by atoms with Crippen LogP contribution in [0.5, 0.6) is 0 Å². The summed E-state index contributed by atoms with van der Waals surface area (Å²) in [7, 11) is 0. The van der Waals surface area contributed by atoms with Gasteiger partial charge >= 0.3 is 0 Å². The molecule has 0 unspecified atom stereocenters. The first-order chi connectivity index (χ1) is 3.79. The highest BCUT2D eigenvalue weighted by Gasteiger charge is 2.06. The lowest BCUT2D eigenvalue weighted by atomic mass is 10.1. The molecule has 0 aromatic carbocycles. The van der Waals surface area contributed by atoms with Crippen LogP contribution >= 0.6 is 22.6 Å². The van der Waals surface area contributed by atoms with E-state index in [1.54, 1.807) is 0 Å². The topological polar surface area (TPSA) is 20.2 Å². The first-order valence-electron chi connectivity index (χ1n) is 2.83. The average Bonchev–Trinajstić information content (AvgIpc) is 1.64. The van der Waals surface area contributed by atoms with Crippen LogP contribution in [0.3, 0.4) is 0 Å². The summed E-state index contributed by atoms with van der Waals surface area (Å²) in [5.41, 5.74) is 0. The number of hydrogen-bond acceptors (Lipinski definition) is 1. The van der Waals surface area contributed by atoms with Gasteiger partial charge in [0.15, 0.2) is 0 Å². The Bertz CT molecular complexity index is 109. The van der Waals surface area contributed by atoms with Gasteiger partial charge in [-0.1, -0.05) is 0 Å². The third kappa shape index (κ3) is 1.74. The number of rotatable bonds is 0. The zero-order valence-corrected chi connectivity index (χ0v) is 6.76. The average molecular weight is 224 g/mol. The minimum Gasteiger partial charge on any atom is -0.389 e. The van der Waals surface area contributed by atoms with Gasteiger partial charge in [0.05, 0.1) is 6.10 Å². The molecule has 0 saturated heterocycles. The maximum atomic E-state index is 9.00. The van der Waals surface area contributed by atoms with Gasteiger partial charge in [-0.3, -0.25) is 0 Å². The van der Waals surface area contributed by atoms with Crippen molar-refractivity contribution in [1.29, 1.82) is 0 Å². The predicted molar refractivity (Wildman–Crippen MR) is 42.0 cm³/mol. The Morgan fingerprint density at radius 1 is 1.75 bits per heavy atom. The van der Waals surface area contributed by atoms with E-state index >= 15 is 0 Å². The van der Waals surface area contributed by atoms with E-state index in [1.807, 2.05) is 6.08 Å². The van der Waals surface area contributed by atoms with Crippen molar-refractivity contribution in [3.05, 3.63) is 9.66 Å². The van der Waals surface area contributed by atoms with E-state index < -0.39 is 0 Å². The zero-order valence-electron chi connectivity index (χ0n) is 4.60. The molecule has 0 aromatic rings. The molecule has 2 heteroatoms. The van der Waals surface area contributed by atoms with Gasteiger partial charge in [0, 0.05) is 0 Å². The van der Waals surface area contributed by atoms with Gasteiger partial charge in [0.25, 0.3) is 0 Å². The number of allylic oxidation sites excluding steroid dienone is 1. The molecule has 46 valence electrons. The minimum absolute atomic E-state index is 0.157. The maximum Gasteiger partial charge on any atom is 0.0731 e. The van der Waals surface area contributed by atoms with E-state index in [-0.39, 0.29) is 6.10 Å². The Morgan fingerprint density at radius 2 is 2.50 bits per heavy atom. The summed E-state index contributed by atoms with van der Waals surface area (Å²) in [5, 5.41) is 9.00. The smallest absolute Gasteiger partial charge is 0.0731 e. The van der Waals surface area contributed by atoms with Gasteiger partial charge in [0.2, 0.25) is 0 Å².